The van der Waals surface area contributed by atoms with Crippen LogP contribution in [-0.4, -0.2) is 22.4 Å². The van der Waals surface area contributed by atoms with Gasteiger partial charge in [0.05, 0.1) is 0 Å². The van der Waals surface area contributed by atoms with Crippen molar-refractivity contribution in [3.63, 3.8) is 0 Å². The van der Waals surface area contributed by atoms with E-state index in [1.807, 2.05) is 18.2 Å². The number of nitrogens with one attached hydrogen (secondary N) is 1. The summed E-state index contributed by atoms with van der Waals surface area (Å²) in [6.45, 7) is 0.584. The van der Waals surface area contributed by atoms with E-state index in [1.165, 1.54) is 36.7 Å². The molecule has 1 aliphatic rings. The number of aryl methyl sites for hydroxylation is 1. The summed E-state index contributed by atoms with van der Waals surface area (Å²) >= 11 is 0. The average Bonchev–Trinajstić information content (AvgIpc) is 3.54. The molecule has 0 bridgehead atoms. The Morgan fingerprint density at radius 2 is 1.69 bits per heavy atom. The van der Waals surface area contributed by atoms with E-state index in [-0.39, 0.29) is 23.5 Å². The highest BCUT2D eigenvalue weighted by Gasteiger charge is 2.55. The van der Waals surface area contributed by atoms with Gasteiger partial charge in [-0.05, 0) is 78.6 Å². The Morgan fingerprint density at radius 1 is 1.03 bits per heavy atom. The molecule has 1 aliphatic carbocycles. The molecule has 1 aromatic heterocycles. The maximum absolute atomic E-state index is 13.9. The van der Waals surface area contributed by atoms with E-state index >= 15 is 0 Å². The molecule has 1 amide bonds. The van der Waals surface area contributed by atoms with Crippen LogP contribution in [0.2, 0.25) is 0 Å². The highest BCUT2D eigenvalue weighted by atomic mass is 19.1. The van der Waals surface area contributed by atoms with E-state index in [9.17, 15) is 13.6 Å². The first-order valence-corrected chi connectivity index (χ1v) is 10.8. The van der Waals surface area contributed by atoms with Crippen molar-refractivity contribution in [2.75, 3.05) is 6.54 Å². The van der Waals surface area contributed by atoms with Crippen molar-refractivity contribution >= 4 is 5.91 Å². The van der Waals surface area contributed by atoms with Gasteiger partial charge in [-0.25, -0.2) is 18.7 Å². The van der Waals surface area contributed by atoms with Crippen molar-refractivity contribution in [3.8, 4) is 0 Å². The lowest BCUT2D eigenvalue weighted by Gasteiger charge is -2.18. The first-order valence-electron chi connectivity index (χ1n) is 10.8. The van der Waals surface area contributed by atoms with E-state index in [0.29, 0.717) is 13.0 Å². The Labute approximate surface area is 186 Å². The van der Waals surface area contributed by atoms with Crippen molar-refractivity contribution < 1.29 is 13.6 Å². The highest BCUT2D eigenvalue weighted by Crippen LogP contribution is 2.59. The van der Waals surface area contributed by atoms with Gasteiger partial charge in [-0.3, -0.25) is 4.79 Å². The standard InChI is InChI=1S/C26H25F2N3O/c27-23-8-3-6-20(13-23)26(21-7-4-9-24(28)14-21)15-22(26)10-11-25(32)31-12-2-1-5-19-16-29-18-30-17-19/h3-4,6-11,13-14,16-18,22H,1-2,5,12,15H2,(H,31,32)/t22-/m1/s1. The number of unbranched alkanes of at least 4 members (excludes halogenated alkanes) is 1. The number of aromatic nitrogens is 2. The molecule has 1 N–H and O–H groups in total. The lowest BCUT2D eigenvalue weighted by atomic mass is 9.85. The summed E-state index contributed by atoms with van der Waals surface area (Å²) in [5, 5.41) is 2.90. The van der Waals surface area contributed by atoms with Crippen LogP contribution in [0.25, 0.3) is 0 Å². The van der Waals surface area contributed by atoms with E-state index in [1.54, 1.807) is 24.5 Å². The molecular weight excluding hydrogens is 408 g/mol. The summed E-state index contributed by atoms with van der Waals surface area (Å²) in [5.41, 5.74) is 2.16. The molecule has 0 unspecified atom stereocenters. The van der Waals surface area contributed by atoms with Crippen LogP contribution in [0.3, 0.4) is 0 Å². The quantitative estimate of drug-likeness (QED) is 0.391. The molecule has 0 radical (unpaired) electrons. The third-order valence-corrected chi connectivity index (χ3v) is 5.98. The molecule has 0 saturated heterocycles. The minimum atomic E-state index is -0.515. The molecule has 3 aromatic rings. The zero-order valence-electron chi connectivity index (χ0n) is 17.7. The molecule has 4 nitrogen and oxygen atoms in total. The number of carbonyl (C=O) groups is 1. The molecule has 1 saturated carbocycles. The third-order valence-electron chi connectivity index (χ3n) is 5.98. The topological polar surface area (TPSA) is 54.9 Å². The van der Waals surface area contributed by atoms with Crippen molar-refractivity contribution in [2.45, 2.75) is 31.1 Å². The Balaban J connectivity index is 1.35. The largest absolute Gasteiger partial charge is 0.353 e. The molecule has 1 atom stereocenters. The van der Waals surface area contributed by atoms with Crippen molar-refractivity contribution in [1.29, 1.82) is 0 Å². The second-order valence-electron chi connectivity index (χ2n) is 8.16. The molecule has 0 aliphatic heterocycles. The Hall–Kier alpha value is -3.41. The van der Waals surface area contributed by atoms with Crippen LogP contribution in [0, 0.1) is 17.6 Å². The van der Waals surface area contributed by atoms with Crippen molar-refractivity contribution in [1.82, 2.24) is 15.3 Å². The highest BCUT2D eigenvalue weighted by molar-refractivity contribution is 5.87. The molecular formula is C26H25F2N3O. The normalized spacial score (nSPS) is 16.8. The summed E-state index contributed by atoms with van der Waals surface area (Å²) in [7, 11) is 0. The summed E-state index contributed by atoms with van der Waals surface area (Å²) in [5.74, 6) is -0.817. The van der Waals surface area contributed by atoms with Gasteiger partial charge >= 0.3 is 0 Å². The van der Waals surface area contributed by atoms with Crippen LogP contribution in [0.15, 0.2) is 79.4 Å². The summed E-state index contributed by atoms with van der Waals surface area (Å²) < 4.78 is 27.8. The lowest BCUT2D eigenvalue weighted by Crippen LogP contribution is -2.22. The first kappa shape index (κ1) is 21.8. The minimum Gasteiger partial charge on any atom is -0.353 e. The Kier molecular flexibility index (Phi) is 6.69. The molecule has 4 rings (SSSR count). The number of allylic oxidation sites excluding steroid dienone is 1. The number of hydrogen-bond acceptors (Lipinski definition) is 3. The monoisotopic (exact) mass is 433 g/mol. The predicted octanol–water partition coefficient (Wildman–Crippen LogP) is 4.76. The fourth-order valence-corrected chi connectivity index (χ4v) is 4.27. The number of amides is 1. The van der Waals surface area contributed by atoms with Gasteiger partial charge in [0.1, 0.15) is 18.0 Å². The number of rotatable bonds is 9. The third kappa shape index (κ3) is 5.07. The van der Waals surface area contributed by atoms with Gasteiger partial charge in [0.25, 0.3) is 0 Å². The Morgan fingerprint density at radius 3 is 2.31 bits per heavy atom. The molecule has 32 heavy (non-hydrogen) atoms. The number of hydrogen-bond donors (Lipinski definition) is 1. The SMILES string of the molecule is O=C(C=C[C@@H]1CC1(c1cccc(F)c1)c1cccc(F)c1)NCCCCc1cncnc1. The van der Waals surface area contributed by atoms with Gasteiger partial charge < -0.3 is 5.32 Å². The van der Waals surface area contributed by atoms with E-state index < -0.39 is 5.41 Å². The van der Waals surface area contributed by atoms with Gasteiger partial charge in [-0.1, -0.05) is 30.3 Å². The van der Waals surface area contributed by atoms with Crippen molar-refractivity contribution in [3.05, 3.63) is 108 Å². The van der Waals surface area contributed by atoms with E-state index in [0.717, 1.165) is 36.0 Å². The molecule has 2 aromatic carbocycles. The number of halogens is 2. The maximum atomic E-state index is 13.9. The Bertz CT molecular complexity index is 1060. The van der Waals surface area contributed by atoms with Gasteiger partial charge in [0, 0.05) is 24.4 Å². The minimum absolute atomic E-state index is 0.00469. The van der Waals surface area contributed by atoms with Crippen molar-refractivity contribution in [2.24, 2.45) is 5.92 Å². The van der Waals surface area contributed by atoms with Gasteiger partial charge in [-0.15, -0.1) is 0 Å². The smallest absolute Gasteiger partial charge is 0.243 e. The molecule has 0 spiro atoms. The second-order valence-corrected chi connectivity index (χ2v) is 8.16. The summed E-state index contributed by atoms with van der Waals surface area (Å²) in [6.07, 6.45) is 11.9. The van der Waals surface area contributed by atoms with E-state index in [2.05, 4.69) is 15.3 Å². The number of benzene rings is 2. The van der Waals surface area contributed by atoms with Crippen LogP contribution in [0.1, 0.15) is 36.0 Å². The lowest BCUT2D eigenvalue weighted by molar-refractivity contribution is -0.116. The number of nitrogens with zero attached hydrogens (tertiary/aromatic N) is 2. The summed E-state index contributed by atoms with van der Waals surface area (Å²) in [6, 6.07) is 12.8. The van der Waals surface area contributed by atoms with Crippen LogP contribution in [0.5, 0.6) is 0 Å². The van der Waals surface area contributed by atoms with Crippen LogP contribution in [0.4, 0.5) is 8.78 Å². The summed E-state index contributed by atoms with van der Waals surface area (Å²) in [4.78, 5) is 20.2. The van der Waals surface area contributed by atoms with Crippen LogP contribution in [-0.2, 0) is 16.6 Å². The fraction of sp³-hybridized carbons (Fsp3) is 0.269. The molecule has 6 heteroatoms. The molecule has 164 valence electrons. The average molecular weight is 434 g/mol. The molecule has 1 fully saturated rings. The van der Waals surface area contributed by atoms with E-state index in [4.69, 9.17) is 0 Å². The zero-order chi connectivity index (χ0) is 22.4. The van der Waals surface area contributed by atoms with Crippen LogP contribution >= 0.6 is 0 Å². The maximum Gasteiger partial charge on any atom is 0.243 e. The van der Waals surface area contributed by atoms with Gasteiger partial charge in [0.2, 0.25) is 5.91 Å². The predicted molar refractivity (Wildman–Crippen MR) is 119 cm³/mol. The molecule has 1 heterocycles. The first-order chi connectivity index (χ1) is 15.6. The fourth-order valence-electron chi connectivity index (χ4n) is 4.27. The second kappa shape index (κ2) is 9.81. The zero-order valence-corrected chi connectivity index (χ0v) is 17.7. The number of carbonyl (C=O) groups excluding carboxylic acids is 1. The van der Waals surface area contributed by atoms with Gasteiger partial charge in [-0.2, -0.15) is 0 Å². The van der Waals surface area contributed by atoms with Gasteiger partial charge in [0.15, 0.2) is 0 Å². The van der Waals surface area contributed by atoms with Crippen LogP contribution < -0.4 is 5.32 Å².